The molecular weight excluding hydrogens is 356 g/mol. The molecule has 4 rings (SSSR count). The standard InChI is InChI=1S/C18H17BrN2O2/c19-16-12-20-18-15(4-3-10-21(16)18)13-6-8-14(9-7-13)23-17-5-1-2-11-22-17/h3-4,6-10,12,17H,1-2,5,11H2. The van der Waals surface area contributed by atoms with Gasteiger partial charge in [0.05, 0.1) is 12.8 Å². The number of halogens is 1. The third-order valence-electron chi connectivity index (χ3n) is 4.06. The van der Waals surface area contributed by atoms with Crippen molar-refractivity contribution >= 4 is 21.6 Å². The van der Waals surface area contributed by atoms with E-state index in [1.54, 1.807) is 0 Å². The molecule has 0 bridgehead atoms. The van der Waals surface area contributed by atoms with Gasteiger partial charge in [-0.05, 0) is 58.6 Å². The third-order valence-corrected chi connectivity index (χ3v) is 4.65. The monoisotopic (exact) mass is 372 g/mol. The predicted octanol–water partition coefficient (Wildman–Crippen LogP) is 4.67. The van der Waals surface area contributed by atoms with Crippen molar-refractivity contribution in [2.24, 2.45) is 0 Å². The van der Waals surface area contributed by atoms with Crippen molar-refractivity contribution in [3.8, 4) is 16.9 Å². The van der Waals surface area contributed by atoms with Gasteiger partial charge in [0.1, 0.15) is 16.0 Å². The normalized spacial score (nSPS) is 18.2. The van der Waals surface area contributed by atoms with Crippen LogP contribution in [-0.4, -0.2) is 22.3 Å². The summed E-state index contributed by atoms with van der Waals surface area (Å²) in [4.78, 5) is 4.48. The average molecular weight is 373 g/mol. The molecule has 5 heteroatoms. The first-order chi connectivity index (χ1) is 11.3. The summed E-state index contributed by atoms with van der Waals surface area (Å²) >= 11 is 3.51. The Kier molecular flexibility index (Phi) is 4.06. The van der Waals surface area contributed by atoms with E-state index in [9.17, 15) is 0 Å². The summed E-state index contributed by atoms with van der Waals surface area (Å²) in [5.41, 5.74) is 3.15. The number of ether oxygens (including phenoxy) is 2. The zero-order chi connectivity index (χ0) is 15.6. The third kappa shape index (κ3) is 2.99. The first kappa shape index (κ1) is 14.7. The summed E-state index contributed by atoms with van der Waals surface area (Å²) in [5, 5.41) is 0. The van der Waals surface area contributed by atoms with Crippen LogP contribution in [0.1, 0.15) is 19.3 Å². The van der Waals surface area contributed by atoms with E-state index >= 15 is 0 Å². The largest absolute Gasteiger partial charge is 0.465 e. The Morgan fingerprint density at radius 2 is 2.04 bits per heavy atom. The number of hydrogen-bond acceptors (Lipinski definition) is 3. The zero-order valence-electron chi connectivity index (χ0n) is 12.6. The number of imidazole rings is 1. The van der Waals surface area contributed by atoms with Crippen molar-refractivity contribution in [1.29, 1.82) is 0 Å². The Bertz CT molecular complexity index is 808. The van der Waals surface area contributed by atoms with Gasteiger partial charge in [-0.3, -0.25) is 4.40 Å². The summed E-state index contributed by atoms with van der Waals surface area (Å²) in [6.45, 7) is 0.791. The second-order valence-electron chi connectivity index (χ2n) is 5.63. The second kappa shape index (κ2) is 6.34. The van der Waals surface area contributed by atoms with Crippen LogP contribution in [0.4, 0.5) is 0 Å². The van der Waals surface area contributed by atoms with Crippen LogP contribution in [0.25, 0.3) is 16.8 Å². The first-order valence-corrected chi connectivity index (χ1v) is 8.61. The minimum Gasteiger partial charge on any atom is -0.465 e. The van der Waals surface area contributed by atoms with Gasteiger partial charge >= 0.3 is 0 Å². The highest BCUT2D eigenvalue weighted by Gasteiger charge is 2.15. The molecule has 0 amide bonds. The van der Waals surface area contributed by atoms with Crippen LogP contribution in [-0.2, 0) is 4.74 Å². The van der Waals surface area contributed by atoms with Crippen LogP contribution in [0.15, 0.2) is 53.4 Å². The molecule has 0 spiro atoms. The van der Waals surface area contributed by atoms with Crippen LogP contribution in [0.3, 0.4) is 0 Å². The lowest BCUT2D eigenvalue weighted by Crippen LogP contribution is -2.24. The predicted molar refractivity (Wildman–Crippen MR) is 92.5 cm³/mol. The van der Waals surface area contributed by atoms with Crippen molar-refractivity contribution in [2.45, 2.75) is 25.6 Å². The van der Waals surface area contributed by atoms with Crippen LogP contribution < -0.4 is 4.74 Å². The SMILES string of the molecule is Brc1cnc2c(-c3ccc(OC4CCCCO4)cc3)cccn12. The Morgan fingerprint density at radius 1 is 1.17 bits per heavy atom. The quantitative estimate of drug-likeness (QED) is 0.670. The Hall–Kier alpha value is -1.85. The topological polar surface area (TPSA) is 35.8 Å². The fraction of sp³-hybridized carbons (Fsp3) is 0.278. The van der Waals surface area contributed by atoms with Crippen molar-refractivity contribution in [2.75, 3.05) is 6.61 Å². The molecule has 1 saturated heterocycles. The van der Waals surface area contributed by atoms with E-state index < -0.39 is 0 Å². The highest BCUT2D eigenvalue weighted by Crippen LogP contribution is 2.28. The number of rotatable bonds is 3. The smallest absolute Gasteiger partial charge is 0.199 e. The molecule has 1 unspecified atom stereocenters. The first-order valence-electron chi connectivity index (χ1n) is 7.81. The maximum Gasteiger partial charge on any atom is 0.199 e. The summed E-state index contributed by atoms with van der Waals surface area (Å²) in [6, 6.07) is 12.2. The van der Waals surface area contributed by atoms with Gasteiger partial charge in [-0.2, -0.15) is 0 Å². The molecule has 1 aliphatic rings. The van der Waals surface area contributed by atoms with Gasteiger partial charge in [-0.15, -0.1) is 0 Å². The minimum absolute atomic E-state index is 0.110. The van der Waals surface area contributed by atoms with Crippen LogP contribution in [0, 0.1) is 0 Å². The zero-order valence-corrected chi connectivity index (χ0v) is 14.2. The second-order valence-corrected chi connectivity index (χ2v) is 6.45. The average Bonchev–Trinajstić information content (AvgIpc) is 2.98. The minimum atomic E-state index is -0.110. The molecule has 4 nitrogen and oxygen atoms in total. The maximum atomic E-state index is 5.89. The molecule has 3 aromatic rings. The number of fused-ring (bicyclic) bond motifs is 1. The number of benzene rings is 1. The molecule has 1 aromatic carbocycles. The van der Waals surface area contributed by atoms with Crippen molar-refractivity contribution in [3.05, 3.63) is 53.4 Å². The molecular formula is C18H17BrN2O2. The van der Waals surface area contributed by atoms with Gasteiger partial charge in [0.15, 0.2) is 6.29 Å². The molecule has 1 atom stereocenters. The lowest BCUT2D eigenvalue weighted by Gasteiger charge is -2.23. The molecule has 23 heavy (non-hydrogen) atoms. The highest BCUT2D eigenvalue weighted by molar-refractivity contribution is 9.10. The maximum absolute atomic E-state index is 5.89. The van der Waals surface area contributed by atoms with Crippen molar-refractivity contribution < 1.29 is 9.47 Å². The number of hydrogen-bond donors (Lipinski definition) is 0. The Morgan fingerprint density at radius 3 is 2.83 bits per heavy atom. The summed E-state index contributed by atoms with van der Waals surface area (Å²) in [5.74, 6) is 0.845. The Balaban J connectivity index is 1.59. The van der Waals surface area contributed by atoms with Gasteiger partial charge in [0.2, 0.25) is 0 Å². The fourth-order valence-corrected chi connectivity index (χ4v) is 3.26. The van der Waals surface area contributed by atoms with Crippen LogP contribution in [0.5, 0.6) is 5.75 Å². The molecule has 0 saturated carbocycles. The number of aromatic nitrogens is 2. The molecule has 118 valence electrons. The van der Waals surface area contributed by atoms with Crippen LogP contribution in [0.2, 0.25) is 0 Å². The van der Waals surface area contributed by atoms with E-state index in [0.717, 1.165) is 46.6 Å². The summed E-state index contributed by atoms with van der Waals surface area (Å²) in [6.07, 6.45) is 6.96. The van der Waals surface area contributed by atoms with Gasteiger partial charge in [-0.1, -0.05) is 12.1 Å². The number of pyridine rings is 1. The van der Waals surface area contributed by atoms with Gasteiger partial charge in [0, 0.05) is 18.2 Å². The van der Waals surface area contributed by atoms with Gasteiger partial charge in [-0.25, -0.2) is 4.98 Å². The molecule has 0 N–H and O–H groups in total. The summed E-state index contributed by atoms with van der Waals surface area (Å²) in [7, 11) is 0. The fourth-order valence-electron chi connectivity index (χ4n) is 2.88. The van der Waals surface area contributed by atoms with Crippen molar-refractivity contribution in [3.63, 3.8) is 0 Å². The van der Waals surface area contributed by atoms with E-state index in [1.807, 2.05) is 35.0 Å². The number of nitrogens with zero attached hydrogens (tertiary/aromatic N) is 2. The van der Waals surface area contributed by atoms with Gasteiger partial charge in [0.25, 0.3) is 0 Å². The summed E-state index contributed by atoms with van der Waals surface area (Å²) < 4.78 is 14.5. The molecule has 0 radical (unpaired) electrons. The van der Waals surface area contributed by atoms with E-state index in [4.69, 9.17) is 9.47 Å². The van der Waals surface area contributed by atoms with E-state index in [2.05, 4.69) is 39.1 Å². The Labute approximate surface area is 143 Å². The lowest BCUT2D eigenvalue weighted by atomic mass is 10.1. The van der Waals surface area contributed by atoms with E-state index in [-0.39, 0.29) is 6.29 Å². The molecule has 3 heterocycles. The molecule has 1 fully saturated rings. The molecule has 1 aliphatic heterocycles. The van der Waals surface area contributed by atoms with Gasteiger partial charge < -0.3 is 9.47 Å². The lowest BCUT2D eigenvalue weighted by molar-refractivity contribution is -0.105. The van der Waals surface area contributed by atoms with E-state index in [0.29, 0.717) is 0 Å². The highest BCUT2D eigenvalue weighted by atomic mass is 79.9. The van der Waals surface area contributed by atoms with Crippen LogP contribution >= 0.6 is 15.9 Å². The molecule has 2 aromatic heterocycles. The molecule has 0 aliphatic carbocycles. The van der Waals surface area contributed by atoms with Crippen molar-refractivity contribution in [1.82, 2.24) is 9.38 Å². The van der Waals surface area contributed by atoms with E-state index in [1.165, 1.54) is 6.42 Å².